The highest BCUT2D eigenvalue weighted by atomic mass is 16.5. The summed E-state index contributed by atoms with van der Waals surface area (Å²) in [6, 6.07) is 0.565. The number of hydrogen-bond acceptors (Lipinski definition) is 3. The molecule has 0 spiro atoms. The minimum Gasteiger partial charge on any atom is -0.466 e. The van der Waals surface area contributed by atoms with Gasteiger partial charge in [0.1, 0.15) is 0 Å². The smallest absolute Gasteiger partial charge is 0.309 e. The van der Waals surface area contributed by atoms with Gasteiger partial charge in [-0.15, -0.1) is 0 Å². The van der Waals surface area contributed by atoms with Crippen LogP contribution < -0.4 is 5.32 Å². The molecule has 2 atom stereocenters. The van der Waals surface area contributed by atoms with Gasteiger partial charge in [-0.25, -0.2) is 0 Å². The molecule has 1 rings (SSSR count). The second-order valence-corrected chi connectivity index (χ2v) is 6.02. The van der Waals surface area contributed by atoms with Crippen molar-refractivity contribution in [2.75, 3.05) is 13.2 Å². The second-order valence-electron chi connectivity index (χ2n) is 6.02. The molecule has 3 heteroatoms. The highest BCUT2D eigenvalue weighted by Gasteiger charge is 2.28. The van der Waals surface area contributed by atoms with E-state index in [1.54, 1.807) is 0 Å². The van der Waals surface area contributed by atoms with Crippen LogP contribution in [0.4, 0.5) is 0 Å². The Morgan fingerprint density at radius 1 is 1.53 bits per heavy atom. The molecule has 0 amide bonds. The number of esters is 1. The molecule has 3 nitrogen and oxygen atoms in total. The summed E-state index contributed by atoms with van der Waals surface area (Å²) in [5.74, 6) is -0.130. The lowest BCUT2D eigenvalue weighted by Crippen LogP contribution is -2.40. The predicted molar refractivity (Wildman–Crippen MR) is 69.8 cm³/mol. The maximum atomic E-state index is 11.5. The van der Waals surface area contributed by atoms with Crippen LogP contribution in [0.15, 0.2) is 0 Å². The Bertz CT molecular complexity index is 251. The van der Waals surface area contributed by atoms with Crippen LogP contribution in [0.5, 0.6) is 0 Å². The lowest BCUT2D eigenvalue weighted by Gasteiger charge is -2.36. The van der Waals surface area contributed by atoms with Crippen molar-refractivity contribution in [3.8, 4) is 0 Å². The molecule has 100 valence electrons. The Labute approximate surface area is 105 Å². The molecule has 1 N–H and O–H groups in total. The summed E-state index contributed by atoms with van der Waals surface area (Å²) < 4.78 is 5.01. The summed E-state index contributed by atoms with van der Waals surface area (Å²) in [5.41, 5.74) is 0.448. The minimum absolute atomic E-state index is 0.0417. The van der Waals surface area contributed by atoms with Gasteiger partial charge in [-0.05, 0) is 31.6 Å². The molecular weight excluding hydrogens is 214 g/mol. The first-order valence-corrected chi connectivity index (χ1v) is 6.84. The van der Waals surface area contributed by atoms with Crippen LogP contribution >= 0.6 is 0 Å². The summed E-state index contributed by atoms with van der Waals surface area (Å²) in [4.78, 5) is 11.5. The summed E-state index contributed by atoms with van der Waals surface area (Å²) in [6.45, 7) is 9.64. The molecular formula is C14H27NO2. The van der Waals surface area contributed by atoms with Crippen LogP contribution in [0, 0.1) is 11.3 Å². The van der Waals surface area contributed by atoms with Gasteiger partial charge in [0, 0.05) is 12.6 Å². The third-order valence-corrected chi connectivity index (χ3v) is 3.61. The number of rotatable bonds is 5. The fraction of sp³-hybridized carbons (Fsp3) is 0.929. The lowest BCUT2D eigenvalue weighted by molar-refractivity contribution is -0.147. The van der Waals surface area contributed by atoms with Gasteiger partial charge in [0.05, 0.1) is 12.5 Å². The van der Waals surface area contributed by atoms with Gasteiger partial charge >= 0.3 is 5.97 Å². The van der Waals surface area contributed by atoms with E-state index < -0.39 is 0 Å². The third-order valence-electron chi connectivity index (χ3n) is 3.61. The maximum Gasteiger partial charge on any atom is 0.309 e. The van der Waals surface area contributed by atoms with Gasteiger partial charge in [0.2, 0.25) is 0 Å². The first-order valence-electron chi connectivity index (χ1n) is 6.84. The van der Waals surface area contributed by atoms with E-state index in [9.17, 15) is 4.79 Å². The summed E-state index contributed by atoms with van der Waals surface area (Å²) in [7, 11) is 0. The molecule has 0 bridgehead atoms. The molecule has 0 aromatic rings. The Balaban J connectivity index is 2.28. The van der Waals surface area contributed by atoms with E-state index in [1.807, 2.05) is 13.8 Å². The van der Waals surface area contributed by atoms with Crippen molar-refractivity contribution < 1.29 is 9.53 Å². The van der Waals surface area contributed by atoms with Crippen LogP contribution in [-0.4, -0.2) is 25.2 Å². The molecule has 0 radical (unpaired) electrons. The van der Waals surface area contributed by atoms with Crippen molar-refractivity contribution in [1.82, 2.24) is 5.32 Å². The molecule has 0 aromatic carbocycles. The fourth-order valence-corrected chi connectivity index (χ4v) is 2.58. The highest BCUT2D eigenvalue weighted by Crippen LogP contribution is 2.35. The zero-order valence-electron chi connectivity index (χ0n) is 11.7. The number of carbonyl (C=O) groups is 1. The molecule has 1 aliphatic carbocycles. The van der Waals surface area contributed by atoms with Gasteiger partial charge < -0.3 is 10.1 Å². The van der Waals surface area contributed by atoms with Gasteiger partial charge in [-0.3, -0.25) is 4.79 Å². The standard InChI is InChI=1S/C14H27NO2/c1-5-17-13(16)11(2)10-15-12-7-6-8-14(3,4)9-12/h11-12,15H,5-10H2,1-4H3. The molecule has 17 heavy (non-hydrogen) atoms. The van der Waals surface area contributed by atoms with E-state index in [4.69, 9.17) is 4.74 Å². The van der Waals surface area contributed by atoms with E-state index in [-0.39, 0.29) is 11.9 Å². The lowest BCUT2D eigenvalue weighted by atomic mass is 9.75. The molecule has 0 heterocycles. The van der Waals surface area contributed by atoms with Crippen LogP contribution in [0.1, 0.15) is 53.4 Å². The van der Waals surface area contributed by atoms with Crippen LogP contribution in [-0.2, 0) is 9.53 Å². The second kappa shape index (κ2) is 6.39. The number of carbonyl (C=O) groups excluding carboxylic acids is 1. The fourth-order valence-electron chi connectivity index (χ4n) is 2.58. The monoisotopic (exact) mass is 241 g/mol. The first-order chi connectivity index (χ1) is 7.94. The molecule has 2 unspecified atom stereocenters. The molecule has 0 saturated heterocycles. The number of hydrogen-bond donors (Lipinski definition) is 1. The van der Waals surface area contributed by atoms with E-state index in [2.05, 4.69) is 19.2 Å². The number of ether oxygens (including phenoxy) is 1. The SMILES string of the molecule is CCOC(=O)C(C)CNC1CCCC(C)(C)C1. The average Bonchev–Trinajstić information content (AvgIpc) is 2.25. The summed E-state index contributed by atoms with van der Waals surface area (Å²) in [6.07, 6.45) is 5.05. The normalized spacial score (nSPS) is 25.3. The third kappa shape index (κ3) is 5.07. The minimum atomic E-state index is -0.0879. The van der Waals surface area contributed by atoms with E-state index in [1.165, 1.54) is 25.7 Å². The van der Waals surface area contributed by atoms with Crippen molar-refractivity contribution in [2.24, 2.45) is 11.3 Å². The van der Waals surface area contributed by atoms with Gasteiger partial charge in [0.15, 0.2) is 0 Å². The average molecular weight is 241 g/mol. The first kappa shape index (κ1) is 14.5. The van der Waals surface area contributed by atoms with E-state index in [0.29, 0.717) is 18.1 Å². The molecule has 0 aromatic heterocycles. The maximum absolute atomic E-state index is 11.5. The molecule has 0 aliphatic heterocycles. The van der Waals surface area contributed by atoms with Gasteiger partial charge in [-0.2, -0.15) is 0 Å². The van der Waals surface area contributed by atoms with Crippen molar-refractivity contribution >= 4 is 5.97 Å². The Morgan fingerprint density at radius 2 is 2.24 bits per heavy atom. The van der Waals surface area contributed by atoms with Crippen LogP contribution in [0.3, 0.4) is 0 Å². The molecule has 1 saturated carbocycles. The largest absolute Gasteiger partial charge is 0.466 e. The Morgan fingerprint density at radius 3 is 2.82 bits per heavy atom. The van der Waals surface area contributed by atoms with Crippen molar-refractivity contribution in [1.29, 1.82) is 0 Å². The summed E-state index contributed by atoms with van der Waals surface area (Å²) >= 11 is 0. The summed E-state index contributed by atoms with van der Waals surface area (Å²) in [5, 5.41) is 3.52. The van der Waals surface area contributed by atoms with E-state index >= 15 is 0 Å². The Kier molecular flexibility index (Phi) is 5.44. The Hall–Kier alpha value is -0.570. The number of nitrogens with one attached hydrogen (secondary N) is 1. The van der Waals surface area contributed by atoms with Crippen molar-refractivity contribution in [3.05, 3.63) is 0 Å². The molecule has 1 fully saturated rings. The zero-order chi connectivity index (χ0) is 12.9. The highest BCUT2D eigenvalue weighted by molar-refractivity contribution is 5.72. The predicted octanol–water partition coefficient (Wildman–Crippen LogP) is 2.74. The van der Waals surface area contributed by atoms with Crippen LogP contribution in [0.2, 0.25) is 0 Å². The molecule has 1 aliphatic rings. The van der Waals surface area contributed by atoms with Gasteiger partial charge in [-0.1, -0.05) is 27.2 Å². The topological polar surface area (TPSA) is 38.3 Å². The quantitative estimate of drug-likeness (QED) is 0.752. The van der Waals surface area contributed by atoms with E-state index in [0.717, 1.165) is 6.54 Å². The van der Waals surface area contributed by atoms with Crippen LogP contribution in [0.25, 0.3) is 0 Å². The zero-order valence-corrected chi connectivity index (χ0v) is 11.7. The van der Waals surface area contributed by atoms with Gasteiger partial charge in [0.25, 0.3) is 0 Å². The van der Waals surface area contributed by atoms with Crippen molar-refractivity contribution in [3.63, 3.8) is 0 Å². The van der Waals surface area contributed by atoms with Crippen molar-refractivity contribution in [2.45, 2.75) is 59.4 Å².